The van der Waals surface area contributed by atoms with Crippen LogP contribution in [-0.4, -0.2) is 6.18 Å². The largest absolute Gasteiger partial charge is 0.393 e. The van der Waals surface area contributed by atoms with Crippen molar-refractivity contribution in [2.45, 2.75) is 31.9 Å². The first-order valence-electron chi connectivity index (χ1n) is 4.88. The minimum absolute atomic E-state index is 0.116. The zero-order chi connectivity index (χ0) is 13.3. The third kappa shape index (κ3) is 4.15. The molecule has 0 atom stereocenters. The van der Waals surface area contributed by atoms with E-state index in [9.17, 15) is 22.0 Å². The molecular formula is C11H10ClF5. The summed E-state index contributed by atoms with van der Waals surface area (Å²) in [5.74, 6) is -3.16. The summed E-state index contributed by atoms with van der Waals surface area (Å²) in [7, 11) is 0. The van der Waals surface area contributed by atoms with Gasteiger partial charge in [-0.1, -0.05) is 18.5 Å². The highest BCUT2D eigenvalue weighted by Gasteiger charge is 2.32. The number of rotatable bonds is 3. The first-order valence-corrected chi connectivity index (χ1v) is 5.26. The van der Waals surface area contributed by atoms with Crippen LogP contribution in [0, 0.1) is 0 Å². The maximum Gasteiger partial charge on any atom is 0.393 e. The molecule has 0 aliphatic carbocycles. The number of hydrogen-bond donors (Lipinski definition) is 0. The van der Waals surface area contributed by atoms with Gasteiger partial charge in [0.25, 0.3) is 5.92 Å². The third-order valence-electron chi connectivity index (χ3n) is 2.23. The van der Waals surface area contributed by atoms with Crippen molar-refractivity contribution in [1.29, 1.82) is 0 Å². The van der Waals surface area contributed by atoms with E-state index >= 15 is 0 Å². The summed E-state index contributed by atoms with van der Waals surface area (Å²) in [5, 5.41) is -0.116. The molecule has 0 unspecified atom stereocenters. The summed E-state index contributed by atoms with van der Waals surface area (Å²) in [6, 6.07) is 2.89. The summed E-state index contributed by atoms with van der Waals surface area (Å²) in [5.41, 5.74) is -0.736. The monoisotopic (exact) mass is 272 g/mol. The van der Waals surface area contributed by atoms with E-state index in [4.69, 9.17) is 11.6 Å². The molecule has 0 aromatic heterocycles. The Bertz CT molecular complexity index is 397. The maximum atomic E-state index is 13.3. The Morgan fingerprint density at radius 2 is 1.65 bits per heavy atom. The Morgan fingerprint density at radius 1 is 1.06 bits per heavy atom. The van der Waals surface area contributed by atoms with Crippen LogP contribution in [0.2, 0.25) is 5.02 Å². The van der Waals surface area contributed by atoms with Crippen LogP contribution < -0.4 is 0 Å². The molecule has 0 amide bonds. The average Bonchev–Trinajstić information content (AvgIpc) is 2.14. The normalized spacial score (nSPS) is 12.9. The van der Waals surface area contributed by atoms with Gasteiger partial charge in [-0.3, -0.25) is 0 Å². The first kappa shape index (κ1) is 14.2. The molecular weight excluding hydrogens is 263 g/mol. The zero-order valence-corrected chi connectivity index (χ0v) is 9.67. The number of hydrogen-bond acceptors (Lipinski definition) is 0. The second-order valence-corrected chi connectivity index (χ2v) is 4.13. The second-order valence-electron chi connectivity index (χ2n) is 3.70. The fourth-order valence-electron chi connectivity index (χ4n) is 1.40. The van der Waals surface area contributed by atoms with Crippen LogP contribution >= 0.6 is 11.6 Å². The van der Waals surface area contributed by atoms with Gasteiger partial charge in [0.1, 0.15) is 0 Å². The van der Waals surface area contributed by atoms with Gasteiger partial charge in [-0.05, 0) is 23.8 Å². The molecule has 96 valence electrons. The first-order chi connectivity index (χ1) is 7.64. The number of halogens is 6. The highest BCUT2D eigenvalue weighted by molar-refractivity contribution is 6.30. The molecule has 0 saturated carbocycles. The van der Waals surface area contributed by atoms with Crippen molar-refractivity contribution in [2.75, 3.05) is 0 Å². The quantitative estimate of drug-likeness (QED) is 0.683. The Labute approximate surface area is 100 Å². The topological polar surface area (TPSA) is 0 Å². The van der Waals surface area contributed by atoms with Crippen molar-refractivity contribution in [3.63, 3.8) is 0 Å². The predicted molar refractivity (Wildman–Crippen MR) is 55.4 cm³/mol. The molecule has 0 fully saturated rings. The molecule has 1 aromatic carbocycles. The number of benzene rings is 1. The van der Waals surface area contributed by atoms with Gasteiger partial charge in [-0.2, -0.15) is 13.2 Å². The molecule has 0 spiro atoms. The molecule has 0 aliphatic rings. The van der Waals surface area contributed by atoms with Gasteiger partial charge in [-0.15, -0.1) is 0 Å². The Kier molecular flexibility index (Phi) is 4.02. The maximum absolute atomic E-state index is 13.3. The molecule has 0 saturated heterocycles. The lowest BCUT2D eigenvalue weighted by Gasteiger charge is -2.16. The molecule has 0 bridgehead atoms. The predicted octanol–water partition coefficient (Wildman–Crippen LogP) is 4.95. The molecule has 0 aliphatic heterocycles. The molecule has 0 radical (unpaired) electrons. The van der Waals surface area contributed by atoms with E-state index in [0.29, 0.717) is 0 Å². The van der Waals surface area contributed by atoms with E-state index in [0.717, 1.165) is 18.2 Å². The SMILES string of the molecule is CCC(F)(F)c1cc(Cl)cc(CC(F)(F)F)c1. The fourth-order valence-corrected chi connectivity index (χ4v) is 1.66. The summed E-state index contributed by atoms with van der Waals surface area (Å²) >= 11 is 5.54. The Hall–Kier alpha value is -0.840. The highest BCUT2D eigenvalue weighted by atomic mass is 35.5. The molecule has 17 heavy (non-hydrogen) atoms. The standard InChI is InChI=1S/C11H10ClF5/c1-2-10(13,14)8-3-7(4-9(12)5-8)6-11(15,16)17/h3-5H,2,6H2,1H3. The van der Waals surface area contributed by atoms with Crippen LogP contribution in [-0.2, 0) is 12.3 Å². The molecule has 0 N–H and O–H groups in total. The summed E-state index contributed by atoms with van der Waals surface area (Å²) < 4.78 is 63.1. The van der Waals surface area contributed by atoms with Gasteiger partial charge >= 0.3 is 6.18 Å². The Morgan fingerprint density at radius 3 is 2.12 bits per heavy atom. The van der Waals surface area contributed by atoms with E-state index in [2.05, 4.69) is 0 Å². The minimum Gasteiger partial charge on any atom is -0.201 e. The minimum atomic E-state index is -4.44. The van der Waals surface area contributed by atoms with Crippen LogP contribution in [0.3, 0.4) is 0 Å². The third-order valence-corrected chi connectivity index (χ3v) is 2.45. The molecule has 0 nitrogen and oxygen atoms in total. The van der Waals surface area contributed by atoms with E-state index < -0.39 is 30.5 Å². The summed E-state index contributed by atoms with van der Waals surface area (Å²) in [6.07, 6.45) is -6.19. The zero-order valence-electron chi connectivity index (χ0n) is 8.91. The van der Waals surface area contributed by atoms with Crippen molar-refractivity contribution in [2.24, 2.45) is 0 Å². The van der Waals surface area contributed by atoms with Crippen molar-refractivity contribution in [3.8, 4) is 0 Å². The van der Waals surface area contributed by atoms with Crippen molar-refractivity contribution < 1.29 is 22.0 Å². The average molecular weight is 273 g/mol. The van der Waals surface area contributed by atoms with Crippen molar-refractivity contribution in [1.82, 2.24) is 0 Å². The summed E-state index contributed by atoms with van der Waals surface area (Å²) in [4.78, 5) is 0. The lowest BCUT2D eigenvalue weighted by Crippen LogP contribution is -2.15. The van der Waals surface area contributed by atoms with Crippen LogP contribution in [0.25, 0.3) is 0 Å². The lowest BCUT2D eigenvalue weighted by atomic mass is 10.0. The molecule has 0 heterocycles. The van der Waals surface area contributed by atoms with Crippen molar-refractivity contribution in [3.05, 3.63) is 34.3 Å². The van der Waals surface area contributed by atoms with E-state index in [-0.39, 0.29) is 10.6 Å². The molecule has 1 aromatic rings. The van der Waals surface area contributed by atoms with Crippen molar-refractivity contribution >= 4 is 11.6 Å². The van der Waals surface area contributed by atoms with E-state index in [1.807, 2.05) is 0 Å². The van der Waals surface area contributed by atoms with Crippen LogP contribution in [0.1, 0.15) is 24.5 Å². The fraction of sp³-hybridized carbons (Fsp3) is 0.455. The smallest absolute Gasteiger partial charge is 0.201 e. The van der Waals surface area contributed by atoms with E-state index in [1.54, 1.807) is 0 Å². The summed E-state index contributed by atoms with van der Waals surface area (Å²) in [6.45, 7) is 1.25. The Balaban J connectivity index is 3.11. The van der Waals surface area contributed by atoms with Gasteiger partial charge in [0.15, 0.2) is 0 Å². The molecule has 1 rings (SSSR count). The van der Waals surface area contributed by atoms with Crippen LogP contribution in [0.15, 0.2) is 18.2 Å². The van der Waals surface area contributed by atoms with Gasteiger partial charge < -0.3 is 0 Å². The van der Waals surface area contributed by atoms with Gasteiger partial charge in [0, 0.05) is 17.0 Å². The van der Waals surface area contributed by atoms with Crippen LogP contribution in [0.5, 0.6) is 0 Å². The molecule has 6 heteroatoms. The highest BCUT2D eigenvalue weighted by Crippen LogP contribution is 2.34. The van der Waals surface area contributed by atoms with Gasteiger partial charge in [0.05, 0.1) is 6.42 Å². The number of alkyl halides is 5. The lowest BCUT2D eigenvalue weighted by molar-refractivity contribution is -0.127. The van der Waals surface area contributed by atoms with E-state index in [1.165, 1.54) is 6.92 Å². The van der Waals surface area contributed by atoms with Crippen LogP contribution in [0.4, 0.5) is 22.0 Å². The van der Waals surface area contributed by atoms with Gasteiger partial charge in [0.2, 0.25) is 0 Å². The second kappa shape index (κ2) is 4.80. The van der Waals surface area contributed by atoms with Gasteiger partial charge in [-0.25, -0.2) is 8.78 Å².